The van der Waals surface area contributed by atoms with Gasteiger partial charge in [-0.25, -0.2) is 17.6 Å². The average Bonchev–Trinajstić information content (AvgIpc) is 4.09. The number of carbonyl (C=O) groups is 6. The Morgan fingerprint density at radius 1 is 0.538 bits per heavy atom. The van der Waals surface area contributed by atoms with Crippen LogP contribution < -0.4 is 16.4 Å². The molecule has 0 spiro atoms. The molecule has 6 aromatic carbocycles. The molecule has 6 aliphatic rings. The number of aliphatic carboxylic acids is 1. The topological polar surface area (TPSA) is 199 Å². The summed E-state index contributed by atoms with van der Waals surface area (Å²) in [6.07, 6.45) is 6.23. The normalized spacial score (nSPS) is 19.3. The lowest BCUT2D eigenvalue weighted by Crippen LogP contribution is -2.52. The van der Waals surface area contributed by atoms with Gasteiger partial charge in [0, 0.05) is 48.8 Å². The molecule has 0 atom stereocenters. The molecule has 12 nitrogen and oxygen atoms in total. The van der Waals surface area contributed by atoms with Crippen molar-refractivity contribution in [1.29, 1.82) is 0 Å². The molecule has 14 rings (SSSR count). The predicted octanol–water partition coefficient (Wildman–Crippen LogP) is 12.2. The van der Waals surface area contributed by atoms with Crippen LogP contribution in [0.5, 0.6) is 0 Å². The maximum atomic E-state index is 14.9. The molecule has 3 amide bonds. The molecule has 6 saturated carbocycles. The highest BCUT2D eigenvalue weighted by Gasteiger charge is 2.58. The zero-order valence-corrected chi connectivity index (χ0v) is 42.4. The number of primary amides is 1. The van der Waals surface area contributed by atoms with Crippen LogP contribution in [0, 0.1) is 45.9 Å². The van der Waals surface area contributed by atoms with Crippen LogP contribution in [-0.2, 0) is 22.4 Å². The molecule has 4 bridgehead atoms. The van der Waals surface area contributed by atoms with Gasteiger partial charge in [-0.1, -0.05) is 12.1 Å². The number of halogens is 4. The van der Waals surface area contributed by atoms with Crippen molar-refractivity contribution in [1.82, 2.24) is 10.6 Å². The number of ketones is 2. The van der Waals surface area contributed by atoms with Crippen molar-refractivity contribution < 1.29 is 60.3 Å². The molecule has 6 aliphatic carbocycles. The van der Waals surface area contributed by atoms with E-state index in [4.69, 9.17) is 14.6 Å². The van der Waals surface area contributed by atoms with Gasteiger partial charge in [-0.15, -0.1) is 0 Å². The number of furan rings is 2. The Bertz CT molecular complexity index is 3560. The number of carbonyl (C=O) groups excluding carboxylic acids is 5. The van der Waals surface area contributed by atoms with Crippen molar-refractivity contribution in [2.45, 2.75) is 64.2 Å². The summed E-state index contributed by atoms with van der Waals surface area (Å²) in [5.74, 6) is -3.29. The number of nitrogens with two attached hydrogens (primary N) is 1. The first-order valence-electron chi connectivity index (χ1n) is 25.6. The third kappa shape index (κ3) is 9.42. The van der Waals surface area contributed by atoms with Crippen molar-refractivity contribution in [3.05, 3.63) is 166 Å². The van der Waals surface area contributed by atoms with Gasteiger partial charge in [-0.05, 0) is 192 Å². The van der Waals surface area contributed by atoms with Gasteiger partial charge in [0.05, 0.1) is 35.1 Å². The number of amides is 3. The van der Waals surface area contributed by atoms with Gasteiger partial charge in [0.2, 0.25) is 5.91 Å². The number of hydrogen-bond donors (Lipinski definition) is 4. The second-order valence-corrected chi connectivity index (χ2v) is 21.6. The molecule has 0 aliphatic heterocycles. The van der Waals surface area contributed by atoms with Crippen LogP contribution in [0.2, 0.25) is 0 Å². The molecule has 2 aromatic heterocycles. The SMILES string of the molecule is CNC(=O)c1c(-c2ccc(F)cc2)oc2cc(CC(=O)O)c(-c3ccc(F)c(C(=O)CC45CC(C4)C5)c3)cc12.CNC(=O)c1c(-c2ccc(F)cc2)oc2cc(CC(N)=O)c(-c3ccc(F)c(C(=O)CC45CC(C4)C5)c3)cc12. The molecular weight excluding hydrogens is 1010 g/mol. The first-order chi connectivity index (χ1) is 37.3. The lowest BCUT2D eigenvalue weighted by molar-refractivity contribution is -0.136. The number of carboxylic acids is 1. The van der Waals surface area contributed by atoms with Gasteiger partial charge in [-0.3, -0.25) is 28.8 Å². The summed E-state index contributed by atoms with van der Waals surface area (Å²) in [5, 5.41) is 15.7. The maximum absolute atomic E-state index is 14.9. The molecule has 396 valence electrons. The zero-order chi connectivity index (χ0) is 54.9. The maximum Gasteiger partial charge on any atom is 0.307 e. The minimum atomic E-state index is -1.09. The third-order valence-electron chi connectivity index (χ3n) is 16.2. The highest BCUT2D eigenvalue weighted by atomic mass is 19.1. The molecular formula is C62H51F4N3O9. The van der Waals surface area contributed by atoms with Crippen LogP contribution in [0.15, 0.2) is 118 Å². The fourth-order valence-corrected chi connectivity index (χ4v) is 12.3. The van der Waals surface area contributed by atoms with E-state index in [0.717, 1.165) is 38.5 Å². The standard InChI is InChI=1S/C31H26F2N2O4.C31H25F2NO5/c1-35-30(38)28-23-11-21(18-4-7-24(33)22(8-18)25(36)15-31-12-16(13-31)14-31)19(10-27(34)37)9-26(23)39-29(28)17-2-5-20(32)6-3-17;1-34-30(38)28-23-11-21(18-4-7-24(33)22(8-18)25(35)15-31-12-16(13-31)14-31)19(10-27(36)37)9-26(23)39-29(28)17-2-5-20(32)6-3-17/h2-9,11,16H,10,12-15H2,1H3,(H2,34,37)(H,35,38);2-9,11,16H,10,12-15H2,1H3,(H,34,38)(H,36,37). The summed E-state index contributed by atoms with van der Waals surface area (Å²) in [5.41, 5.74) is 10.4. The zero-order valence-electron chi connectivity index (χ0n) is 42.4. The van der Waals surface area contributed by atoms with Crippen molar-refractivity contribution in [3.63, 3.8) is 0 Å². The van der Waals surface area contributed by atoms with Crippen LogP contribution in [0.25, 0.3) is 66.8 Å². The van der Waals surface area contributed by atoms with E-state index < -0.39 is 47.0 Å². The van der Waals surface area contributed by atoms with E-state index >= 15 is 0 Å². The fourth-order valence-electron chi connectivity index (χ4n) is 12.3. The Kier molecular flexibility index (Phi) is 13.0. The quantitative estimate of drug-likeness (QED) is 0.0537. The van der Waals surface area contributed by atoms with E-state index in [0.29, 0.717) is 85.5 Å². The highest BCUT2D eigenvalue weighted by Crippen LogP contribution is 2.67. The van der Waals surface area contributed by atoms with Gasteiger partial charge in [-0.2, -0.15) is 0 Å². The number of carboxylic acid groups (broad SMARTS) is 1. The van der Waals surface area contributed by atoms with Crippen molar-refractivity contribution in [2.75, 3.05) is 14.1 Å². The summed E-state index contributed by atoms with van der Waals surface area (Å²) in [7, 11) is 2.96. The fraction of sp³-hybridized carbons (Fsp3) is 0.258. The Morgan fingerprint density at radius 3 is 1.24 bits per heavy atom. The van der Waals surface area contributed by atoms with Crippen LogP contribution in [0.1, 0.15) is 104 Å². The number of fused-ring (bicyclic) bond motifs is 2. The lowest BCUT2D eigenvalue weighted by atomic mass is 9.43. The second kappa shape index (κ2) is 19.7. The van der Waals surface area contributed by atoms with Gasteiger partial charge in [0.1, 0.15) is 46.0 Å². The molecule has 2 heterocycles. The number of Topliss-reactive ketones (excluding diaryl/α,β-unsaturated/α-hetero) is 2. The van der Waals surface area contributed by atoms with E-state index in [1.54, 1.807) is 30.3 Å². The third-order valence-corrected chi connectivity index (χ3v) is 16.2. The lowest BCUT2D eigenvalue weighted by Gasteiger charge is -2.62. The van der Waals surface area contributed by atoms with Crippen LogP contribution in [0.3, 0.4) is 0 Å². The van der Waals surface area contributed by atoms with Gasteiger partial charge in [0.15, 0.2) is 11.6 Å². The van der Waals surface area contributed by atoms with E-state index in [1.807, 2.05) is 0 Å². The Morgan fingerprint density at radius 2 is 0.910 bits per heavy atom. The van der Waals surface area contributed by atoms with Crippen LogP contribution in [0.4, 0.5) is 17.6 Å². The Hall–Kier alpha value is -8.66. The van der Waals surface area contributed by atoms with Crippen molar-refractivity contribution >= 4 is 57.2 Å². The smallest absolute Gasteiger partial charge is 0.307 e. The molecule has 0 unspecified atom stereocenters. The van der Waals surface area contributed by atoms with Crippen LogP contribution in [-0.4, -0.2) is 54.5 Å². The summed E-state index contributed by atoms with van der Waals surface area (Å²) in [6, 6.07) is 26.0. The summed E-state index contributed by atoms with van der Waals surface area (Å²) >= 11 is 0. The van der Waals surface area contributed by atoms with Gasteiger partial charge in [0.25, 0.3) is 11.8 Å². The van der Waals surface area contributed by atoms with Crippen molar-refractivity contribution in [2.24, 2.45) is 28.4 Å². The Balaban J connectivity index is 0.000000165. The number of rotatable bonds is 16. The molecule has 0 saturated heterocycles. The van der Waals surface area contributed by atoms with Crippen molar-refractivity contribution in [3.8, 4) is 44.9 Å². The molecule has 0 radical (unpaired) electrons. The molecule has 6 fully saturated rings. The molecule has 16 heteroatoms. The predicted molar refractivity (Wildman–Crippen MR) is 282 cm³/mol. The molecule has 8 aromatic rings. The number of hydrogen-bond acceptors (Lipinski definition) is 8. The highest BCUT2D eigenvalue weighted by molar-refractivity contribution is 6.13. The molecule has 78 heavy (non-hydrogen) atoms. The monoisotopic (exact) mass is 1060 g/mol. The summed E-state index contributed by atoms with van der Waals surface area (Å²) in [4.78, 5) is 75.9. The minimum Gasteiger partial charge on any atom is -0.481 e. The first-order valence-corrected chi connectivity index (χ1v) is 25.6. The first kappa shape index (κ1) is 51.4. The van der Waals surface area contributed by atoms with Gasteiger partial charge < -0.3 is 30.3 Å². The largest absolute Gasteiger partial charge is 0.481 e. The van der Waals surface area contributed by atoms with E-state index in [2.05, 4.69) is 10.6 Å². The van der Waals surface area contributed by atoms with E-state index in [1.165, 1.54) is 93.0 Å². The van der Waals surface area contributed by atoms with Gasteiger partial charge >= 0.3 is 5.97 Å². The van der Waals surface area contributed by atoms with E-state index in [9.17, 15) is 51.4 Å². The molecule has 5 N–H and O–H groups in total. The van der Waals surface area contributed by atoms with E-state index in [-0.39, 0.29) is 74.6 Å². The Labute approximate surface area is 444 Å². The minimum absolute atomic E-state index is 0.00747. The summed E-state index contributed by atoms with van der Waals surface area (Å²) < 4.78 is 68.9. The summed E-state index contributed by atoms with van der Waals surface area (Å²) in [6.45, 7) is 0. The number of nitrogens with one attached hydrogen (secondary N) is 2. The second-order valence-electron chi connectivity index (χ2n) is 21.6. The average molecular weight is 1060 g/mol. The number of benzene rings is 6. The van der Waals surface area contributed by atoms with Crippen LogP contribution >= 0.6 is 0 Å².